The average Bonchev–Trinajstić information content (AvgIpc) is 3.08. The van der Waals surface area contributed by atoms with Crippen molar-refractivity contribution in [1.82, 2.24) is 9.97 Å². The zero-order valence-electron chi connectivity index (χ0n) is 10.1. The fourth-order valence-corrected chi connectivity index (χ4v) is 2.37. The number of carboxylic acids is 1. The van der Waals surface area contributed by atoms with Gasteiger partial charge in [0, 0.05) is 25.1 Å². The molecule has 1 aliphatic heterocycles. The van der Waals surface area contributed by atoms with Gasteiger partial charge in [0.2, 0.25) is 0 Å². The molecule has 2 fully saturated rings. The molecule has 1 aromatic rings. The van der Waals surface area contributed by atoms with Crippen molar-refractivity contribution in [3.63, 3.8) is 0 Å². The second kappa shape index (κ2) is 4.65. The van der Waals surface area contributed by atoms with Crippen LogP contribution in [0.5, 0.6) is 0 Å². The van der Waals surface area contributed by atoms with E-state index in [4.69, 9.17) is 9.84 Å². The molecule has 96 valence electrons. The third-order valence-electron chi connectivity index (χ3n) is 3.50. The number of aromatic carboxylic acids is 1. The maximum atomic E-state index is 11.1. The molecule has 0 aromatic carbocycles. The smallest absolute Gasteiger partial charge is 0.339 e. The molecule has 2 heterocycles. The van der Waals surface area contributed by atoms with Gasteiger partial charge in [0.05, 0.1) is 17.4 Å². The van der Waals surface area contributed by atoms with Crippen LogP contribution in [0.1, 0.15) is 53.5 Å². The van der Waals surface area contributed by atoms with Gasteiger partial charge < -0.3 is 9.84 Å². The van der Waals surface area contributed by atoms with E-state index in [2.05, 4.69) is 9.97 Å². The molecule has 1 N–H and O–H groups in total. The topological polar surface area (TPSA) is 72.3 Å². The summed E-state index contributed by atoms with van der Waals surface area (Å²) < 4.78 is 5.55. The lowest BCUT2D eigenvalue weighted by Crippen LogP contribution is -2.14. The van der Waals surface area contributed by atoms with Crippen molar-refractivity contribution in [1.29, 1.82) is 0 Å². The number of rotatable bonds is 4. The van der Waals surface area contributed by atoms with Crippen molar-refractivity contribution < 1.29 is 14.6 Å². The van der Waals surface area contributed by atoms with Gasteiger partial charge in [0.1, 0.15) is 5.82 Å². The van der Waals surface area contributed by atoms with E-state index in [9.17, 15) is 4.79 Å². The Hall–Kier alpha value is -1.49. The molecule has 5 nitrogen and oxygen atoms in total. The number of hydrogen-bond donors (Lipinski definition) is 1. The third-order valence-corrected chi connectivity index (χ3v) is 3.50. The Morgan fingerprint density at radius 3 is 2.89 bits per heavy atom. The number of aromatic nitrogens is 2. The van der Waals surface area contributed by atoms with E-state index < -0.39 is 5.97 Å². The zero-order valence-corrected chi connectivity index (χ0v) is 10.1. The number of nitrogens with zero attached hydrogens (tertiary/aromatic N) is 2. The zero-order chi connectivity index (χ0) is 12.5. The van der Waals surface area contributed by atoms with E-state index >= 15 is 0 Å². The van der Waals surface area contributed by atoms with Crippen LogP contribution in [0.25, 0.3) is 0 Å². The fraction of sp³-hybridized carbons (Fsp3) is 0.615. The summed E-state index contributed by atoms with van der Waals surface area (Å²) in [6.07, 6.45) is 6.56. The lowest BCUT2D eigenvalue weighted by molar-refractivity contribution is 0.0694. The van der Waals surface area contributed by atoms with Gasteiger partial charge in [-0.1, -0.05) is 0 Å². The molecular formula is C13H16N2O3. The molecule has 1 aliphatic carbocycles. The van der Waals surface area contributed by atoms with Crippen LogP contribution < -0.4 is 0 Å². The Balaban J connectivity index is 1.82. The van der Waals surface area contributed by atoms with Crippen molar-refractivity contribution >= 4 is 5.97 Å². The second-order valence-corrected chi connectivity index (χ2v) is 5.00. The molecule has 1 atom stereocenters. The quantitative estimate of drug-likeness (QED) is 0.879. The first-order valence-electron chi connectivity index (χ1n) is 6.45. The summed E-state index contributed by atoms with van der Waals surface area (Å²) >= 11 is 0. The molecule has 18 heavy (non-hydrogen) atoms. The monoisotopic (exact) mass is 248 g/mol. The van der Waals surface area contributed by atoms with E-state index in [0.29, 0.717) is 23.9 Å². The average molecular weight is 248 g/mol. The highest BCUT2D eigenvalue weighted by molar-refractivity contribution is 5.88. The van der Waals surface area contributed by atoms with Crippen molar-refractivity contribution in [2.24, 2.45) is 0 Å². The lowest BCUT2D eigenvalue weighted by Gasteiger charge is -2.10. The van der Waals surface area contributed by atoms with Gasteiger partial charge in [-0.2, -0.15) is 0 Å². The van der Waals surface area contributed by atoms with Gasteiger partial charge in [-0.25, -0.2) is 14.8 Å². The molecule has 1 aromatic heterocycles. The summed E-state index contributed by atoms with van der Waals surface area (Å²) in [6.45, 7) is 0.813. The first kappa shape index (κ1) is 11.6. The van der Waals surface area contributed by atoms with E-state index in [1.165, 1.54) is 6.20 Å². The highest BCUT2D eigenvalue weighted by Crippen LogP contribution is 2.40. The minimum absolute atomic E-state index is 0.202. The van der Waals surface area contributed by atoms with Gasteiger partial charge in [0.15, 0.2) is 0 Å². The van der Waals surface area contributed by atoms with E-state index in [1.54, 1.807) is 0 Å². The van der Waals surface area contributed by atoms with Crippen LogP contribution >= 0.6 is 0 Å². The Morgan fingerprint density at radius 1 is 1.44 bits per heavy atom. The summed E-state index contributed by atoms with van der Waals surface area (Å²) in [4.78, 5) is 19.7. The maximum absolute atomic E-state index is 11.1. The highest BCUT2D eigenvalue weighted by atomic mass is 16.5. The predicted molar refractivity (Wildman–Crippen MR) is 63.6 cm³/mol. The van der Waals surface area contributed by atoms with Crippen LogP contribution in [0.2, 0.25) is 0 Å². The number of hydrogen-bond acceptors (Lipinski definition) is 4. The molecular weight excluding hydrogens is 232 g/mol. The molecule has 5 heteroatoms. The second-order valence-electron chi connectivity index (χ2n) is 5.00. The van der Waals surface area contributed by atoms with E-state index in [1.807, 2.05) is 0 Å². The van der Waals surface area contributed by atoms with Gasteiger partial charge >= 0.3 is 5.97 Å². The summed E-state index contributed by atoms with van der Waals surface area (Å²) in [5.74, 6) is 0.108. The van der Waals surface area contributed by atoms with Gasteiger partial charge in [-0.15, -0.1) is 0 Å². The normalized spacial score (nSPS) is 23.2. The molecule has 0 bridgehead atoms. The fourth-order valence-electron chi connectivity index (χ4n) is 2.37. The maximum Gasteiger partial charge on any atom is 0.339 e. The summed E-state index contributed by atoms with van der Waals surface area (Å²) in [7, 11) is 0. The molecule has 0 radical (unpaired) electrons. The Labute approximate surface area is 105 Å². The van der Waals surface area contributed by atoms with Crippen LogP contribution in [-0.2, 0) is 11.2 Å². The minimum Gasteiger partial charge on any atom is -0.478 e. The third kappa shape index (κ3) is 2.36. The minimum atomic E-state index is -0.930. The van der Waals surface area contributed by atoms with Crippen LogP contribution in [0.4, 0.5) is 0 Å². The molecule has 1 saturated carbocycles. The highest BCUT2D eigenvalue weighted by Gasteiger charge is 2.30. The summed E-state index contributed by atoms with van der Waals surface area (Å²) in [5.41, 5.74) is 0.971. The van der Waals surface area contributed by atoms with Gasteiger partial charge in [0.25, 0.3) is 0 Å². The van der Waals surface area contributed by atoms with Crippen LogP contribution in [-0.4, -0.2) is 33.8 Å². The Morgan fingerprint density at radius 2 is 2.28 bits per heavy atom. The van der Waals surface area contributed by atoms with Gasteiger partial charge in [-0.3, -0.25) is 0 Å². The molecule has 0 amide bonds. The summed E-state index contributed by atoms with van der Waals surface area (Å²) in [5, 5.41) is 9.11. The van der Waals surface area contributed by atoms with Crippen molar-refractivity contribution in [3.8, 4) is 0 Å². The van der Waals surface area contributed by atoms with Crippen molar-refractivity contribution in [2.75, 3.05) is 6.61 Å². The molecule has 3 rings (SSSR count). The first-order valence-corrected chi connectivity index (χ1v) is 6.45. The van der Waals surface area contributed by atoms with Crippen LogP contribution in [0, 0.1) is 0 Å². The predicted octanol–water partition coefficient (Wildman–Crippen LogP) is 1.77. The number of ether oxygens (including phenoxy) is 1. The molecule has 2 aliphatic rings. The van der Waals surface area contributed by atoms with Crippen LogP contribution in [0.15, 0.2) is 6.20 Å². The first-order chi connectivity index (χ1) is 8.74. The number of carboxylic acid groups (broad SMARTS) is 1. The van der Waals surface area contributed by atoms with Crippen LogP contribution in [0.3, 0.4) is 0 Å². The van der Waals surface area contributed by atoms with E-state index in [0.717, 1.165) is 32.3 Å². The number of carbonyl (C=O) groups is 1. The molecule has 1 unspecified atom stereocenters. The lowest BCUT2D eigenvalue weighted by atomic mass is 10.1. The standard InChI is InChI=1S/C13H16N2O3/c16-13(17)10-7-14-11(6-9-2-1-5-18-9)15-12(10)8-3-4-8/h7-9H,1-6H2,(H,16,17). The molecule has 1 saturated heterocycles. The SMILES string of the molecule is O=C(O)c1cnc(CC2CCCO2)nc1C1CC1. The van der Waals surface area contributed by atoms with Crippen molar-refractivity contribution in [3.05, 3.63) is 23.3 Å². The van der Waals surface area contributed by atoms with Crippen molar-refractivity contribution in [2.45, 2.75) is 44.1 Å². The molecule has 0 spiro atoms. The van der Waals surface area contributed by atoms with E-state index in [-0.39, 0.29) is 11.7 Å². The summed E-state index contributed by atoms with van der Waals surface area (Å²) in [6, 6.07) is 0. The largest absolute Gasteiger partial charge is 0.478 e. The van der Waals surface area contributed by atoms with Gasteiger partial charge in [-0.05, 0) is 25.7 Å². The Kier molecular flexibility index (Phi) is 2.99. The Bertz CT molecular complexity index is 465.